The normalized spacial score (nSPS) is 31.6. The summed E-state index contributed by atoms with van der Waals surface area (Å²) >= 11 is 5.91. The molecule has 0 unspecified atom stereocenters. The SMILES string of the molecule is O[C@H](/C=C/[C@@H]1[C@H]2CCCCO[C@H]2C[C@H]1O)COc1cccc(Cl)c1. The van der Waals surface area contributed by atoms with E-state index < -0.39 is 12.2 Å². The van der Waals surface area contributed by atoms with Crippen molar-refractivity contribution < 1.29 is 19.7 Å². The van der Waals surface area contributed by atoms with Crippen molar-refractivity contribution in [2.45, 2.75) is 44.0 Å². The standard InChI is InChI=1S/C19H25ClO4/c20-13-4-3-5-15(10-13)24-12-14(21)7-8-16-17-6-1-2-9-23-19(17)11-18(16)22/h3-5,7-8,10,14,16-19,21-22H,1-2,6,9,11-12H2/b8-7+/t14-,16-,17-,18-,19+/m1/s1. The van der Waals surface area contributed by atoms with Gasteiger partial charge >= 0.3 is 0 Å². The van der Waals surface area contributed by atoms with Crippen LogP contribution in [0.25, 0.3) is 0 Å². The van der Waals surface area contributed by atoms with E-state index in [0.29, 0.717) is 23.1 Å². The average Bonchev–Trinajstić information content (AvgIpc) is 2.72. The second kappa shape index (κ2) is 8.34. The Morgan fingerprint density at radius 2 is 2.25 bits per heavy atom. The van der Waals surface area contributed by atoms with Crippen molar-refractivity contribution in [1.29, 1.82) is 0 Å². The molecule has 1 heterocycles. The van der Waals surface area contributed by atoms with Crippen molar-refractivity contribution >= 4 is 11.6 Å². The van der Waals surface area contributed by atoms with Crippen molar-refractivity contribution in [1.82, 2.24) is 0 Å². The zero-order valence-corrected chi connectivity index (χ0v) is 14.4. The molecule has 1 aliphatic carbocycles. The molecule has 4 nitrogen and oxygen atoms in total. The molecule has 1 saturated carbocycles. The fourth-order valence-electron chi connectivity index (χ4n) is 3.71. The minimum Gasteiger partial charge on any atom is -0.491 e. The van der Waals surface area contributed by atoms with Crippen LogP contribution >= 0.6 is 11.6 Å². The first-order chi connectivity index (χ1) is 11.6. The van der Waals surface area contributed by atoms with E-state index in [1.165, 1.54) is 0 Å². The van der Waals surface area contributed by atoms with E-state index in [1.54, 1.807) is 30.3 Å². The van der Waals surface area contributed by atoms with E-state index in [9.17, 15) is 10.2 Å². The van der Waals surface area contributed by atoms with Crippen LogP contribution in [0.2, 0.25) is 5.02 Å². The Morgan fingerprint density at radius 3 is 3.08 bits per heavy atom. The van der Waals surface area contributed by atoms with Gasteiger partial charge in [-0.25, -0.2) is 0 Å². The minimum absolute atomic E-state index is 0.0499. The molecule has 0 aromatic heterocycles. The third kappa shape index (κ3) is 4.51. The van der Waals surface area contributed by atoms with E-state index in [2.05, 4.69) is 0 Å². The molecule has 0 radical (unpaired) electrons. The molecule has 2 N–H and O–H groups in total. The Morgan fingerprint density at radius 1 is 1.38 bits per heavy atom. The number of benzene rings is 1. The summed E-state index contributed by atoms with van der Waals surface area (Å²) in [6, 6.07) is 7.10. The largest absolute Gasteiger partial charge is 0.491 e. The summed E-state index contributed by atoms with van der Waals surface area (Å²) in [4.78, 5) is 0. The quantitative estimate of drug-likeness (QED) is 0.799. The van der Waals surface area contributed by atoms with E-state index in [1.807, 2.05) is 6.08 Å². The number of aliphatic hydroxyl groups excluding tert-OH is 2. The maximum Gasteiger partial charge on any atom is 0.120 e. The van der Waals surface area contributed by atoms with Crippen LogP contribution in [0.5, 0.6) is 5.75 Å². The van der Waals surface area contributed by atoms with Gasteiger partial charge in [-0.3, -0.25) is 0 Å². The van der Waals surface area contributed by atoms with E-state index in [0.717, 1.165) is 25.9 Å². The molecule has 0 amide bonds. The zero-order valence-electron chi connectivity index (χ0n) is 13.7. The van der Waals surface area contributed by atoms with Crippen LogP contribution in [0.3, 0.4) is 0 Å². The van der Waals surface area contributed by atoms with Crippen molar-refractivity contribution in [2.24, 2.45) is 11.8 Å². The molecule has 5 heteroatoms. The summed E-state index contributed by atoms with van der Waals surface area (Å²) in [5, 5.41) is 21.0. The molecule has 1 aliphatic heterocycles. The van der Waals surface area contributed by atoms with Crippen LogP contribution < -0.4 is 4.74 Å². The van der Waals surface area contributed by atoms with Gasteiger partial charge < -0.3 is 19.7 Å². The maximum atomic E-state index is 10.3. The number of fused-ring (bicyclic) bond motifs is 1. The van der Waals surface area contributed by atoms with Gasteiger partial charge in [0, 0.05) is 24.0 Å². The second-order valence-electron chi connectivity index (χ2n) is 6.67. The Kier molecular flexibility index (Phi) is 6.17. The number of rotatable bonds is 5. The van der Waals surface area contributed by atoms with Gasteiger partial charge in [-0.1, -0.05) is 36.2 Å². The third-order valence-electron chi connectivity index (χ3n) is 4.93. The number of hydrogen-bond donors (Lipinski definition) is 2. The van der Waals surface area contributed by atoms with Gasteiger partial charge in [0.1, 0.15) is 18.5 Å². The Balaban J connectivity index is 1.54. The van der Waals surface area contributed by atoms with Gasteiger partial charge in [-0.05, 0) is 37.0 Å². The van der Waals surface area contributed by atoms with Gasteiger partial charge in [-0.2, -0.15) is 0 Å². The summed E-state index contributed by atoms with van der Waals surface area (Å²) < 4.78 is 11.4. The van der Waals surface area contributed by atoms with Crippen LogP contribution in [-0.2, 0) is 4.74 Å². The molecule has 1 aromatic carbocycles. The summed E-state index contributed by atoms with van der Waals surface area (Å²) in [7, 11) is 0. The highest BCUT2D eigenvalue weighted by Gasteiger charge is 2.42. The van der Waals surface area contributed by atoms with Crippen molar-refractivity contribution in [3.63, 3.8) is 0 Å². The van der Waals surface area contributed by atoms with E-state index in [4.69, 9.17) is 21.1 Å². The van der Waals surface area contributed by atoms with Crippen molar-refractivity contribution in [3.8, 4) is 5.75 Å². The summed E-state index contributed by atoms with van der Waals surface area (Å²) in [6.07, 6.45) is 6.70. The van der Waals surface area contributed by atoms with Crippen LogP contribution in [0.15, 0.2) is 36.4 Å². The summed E-state index contributed by atoms with van der Waals surface area (Å²) in [6.45, 7) is 0.949. The van der Waals surface area contributed by atoms with Gasteiger partial charge in [-0.15, -0.1) is 0 Å². The van der Waals surface area contributed by atoms with Gasteiger partial charge in [0.05, 0.1) is 12.2 Å². The molecule has 5 atom stereocenters. The summed E-state index contributed by atoms with van der Waals surface area (Å²) in [5.74, 6) is 1.03. The Labute approximate surface area is 148 Å². The van der Waals surface area contributed by atoms with Gasteiger partial charge in [0.15, 0.2) is 0 Å². The highest BCUT2D eigenvalue weighted by atomic mass is 35.5. The predicted octanol–water partition coefficient (Wildman–Crippen LogP) is 3.20. The highest BCUT2D eigenvalue weighted by molar-refractivity contribution is 6.30. The Hall–Kier alpha value is -1.07. The minimum atomic E-state index is -0.720. The van der Waals surface area contributed by atoms with Crippen molar-refractivity contribution in [3.05, 3.63) is 41.4 Å². The molecule has 0 bridgehead atoms. The lowest BCUT2D eigenvalue weighted by Crippen LogP contribution is -2.22. The van der Waals surface area contributed by atoms with Crippen LogP contribution in [-0.4, -0.2) is 41.7 Å². The molecule has 3 rings (SSSR count). The van der Waals surface area contributed by atoms with Gasteiger partial charge in [0.25, 0.3) is 0 Å². The monoisotopic (exact) mass is 352 g/mol. The van der Waals surface area contributed by atoms with Crippen LogP contribution in [0.4, 0.5) is 0 Å². The predicted molar refractivity (Wildman–Crippen MR) is 93.3 cm³/mol. The maximum absolute atomic E-state index is 10.3. The molecule has 1 saturated heterocycles. The van der Waals surface area contributed by atoms with Crippen molar-refractivity contribution in [2.75, 3.05) is 13.2 Å². The first-order valence-corrected chi connectivity index (χ1v) is 9.05. The molecule has 2 aliphatic rings. The lowest BCUT2D eigenvalue weighted by atomic mass is 9.89. The van der Waals surface area contributed by atoms with Crippen LogP contribution in [0.1, 0.15) is 25.7 Å². The number of aliphatic hydroxyl groups is 2. The molecular formula is C19H25ClO4. The second-order valence-corrected chi connectivity index (χ2v) is 7.11. The molecule has 0 spiro atoms. The third-order valence-corrected chi connectivity index (χ3v) is 5.16. The fraction of sp³-hybridized carbons (Fsp3) is 0.579. The van der Waals surface area contributed by atoms with E-state index >= 15 is 0 Å². The zero-order chi connectivity index (χ0) is 16.9. The van der Waals surface area contributed by atoms with Crippen LogP contribution in [0, 0.1) is 11.8 Å². The first kappa shape index (κ1) is 17.7. The van der Waals surface area contributed by atoms with Gasteiger partial charge in [0.2, 0.25) is 0 Å². The fourth-order valence-corrected chi connectivity index (χ4v) is 3.89. The smallest absolute Gasteiger partial charge is 0.120 e. The lowest BCUT2D eigenvalue weighted by molar-refractivity contribution is 0.0339. The number of hydrogen-bond acceptors (Lipinski definition) is 4. The average molecular weight is 353 g/mol. The Bertz CT molecular complexity index is 562. The first-order valence-electron chi connectivity index (χ1n) is 8.68. The number of ether oxygens (including phenoxy) is 2. The summed E-state index contributed by atoms with van der Waals surface area (Å²) in [5.41, 5.74) is 0. The molecular weight excluding hydrogens is 328 g/mol. The molecule has 2 fully saturated rings. The molecule has 24 heavy (non-hydrogen) atoms. The van der Waals surface area contributed by atoms with E-state index in [-0.39, 0.29) is 18.6 Å². The highest BCUT2D eigenvalue weighted by Crippen LogP contribution is 2.40. The topological polar surface area (TPSA) is 58.9 Å². The molecule has 1 aromatic rings. The molecule has 132 valence electrons. The number of halogens is 1. The lowest BCUT2D eigenvalue weighted by Gasteiger charge is -2.21.